The minimum atomic E-state index is -0.340. The number of para-hydroxylation sites is 1. The number of nitrogens with zero attached hydrogens (tertiary/aromatic N) is 3. The quantitative estimate of drug-likeness (QED) is 0.157. The highest BCUT2D eigenvalue weighted by molar-refractivity contribution is 5.98. The molecule has 0 radical (unpaired) electrons. The van der Waals surface area contributed by atoms with Crippen LogP contribution in [0.5, 0.6) is 5.75 Å². The molecule has 4 heteroatoms. The molecule has 2 heterocycles. The summed E-state index contributed by atoms with van der Waals surface area (Å²) in [5, 5.41) is 12.7. The molecule has 4 nitrogen and oxygen atoms in total. The Morgan fingerprint density at radius 3 is 1.63 bits per heavy atom. The number of phenolic OH excluding ortho intramolecular Hbond substituents is 1. The third-order valence-corrected chi connectivity index (χ3v) is 14.7. The van der Waals surface area contributed by atoms with E-state index in [0.29, 0.717) is 11.4 Å². The lowest BCUT2D eigenvalue weighted by molar-refractivity contribution is 0.446. The topological polar surface area (TPSA) is 50.9 Å². The van der Waals surface area contributed by atoms with Gasteiger partial charge in [-0.15, -0.1) is 0 Å². The maximum Gasteiger partial charge on any atom is 0.149 e. The van der Waals surface area contributed by atoms with Crippen LogP contribution in [0.1, 0.15) is 104 Å². The number of imidazole rings is 1. The second kappa shape index (κ2) is 18.7. The molecule has 0 saturated heterocycles. The van der Waals surface area contributed by atoms with Crippen molar-refractivity contribution in [3.63, 3.8) is 0 Å². The molecule has 364 valence electrons. The number of hydrogen-bond donors (Lipinski definition) is 1. The summed E-state index contributed by atoms with van der Waals surface area (Å²) in [5.74, 6) is 0.934. The summed E-state index contributed by atoms with van der Waals surface area (Å²) in [6.07, 6.45) is 1.93. The van der Waals surface area contributed by atoms with Gasteiger partial charge >= 0.3 is 0 Å². The van der Waals surface area contributed by atoms with Crippen LogP contribution in [0.25, 0.3) is 83.9 Å². The molecule has 0 aliphatic heterocycles. The molecule has 0 fully saturated rings. The third kappa shape index (κ3) is 9.55. The number of phenols is 1. The van der Waals surface area contributed by atoms with Crippen LogP contribution in [0.3, 0.4) is 0 Å². The summed E-state index contributed by atoms with van der Waals surface area (Å²) in [4.78, 5) is 10.8. The Bertz CT molecular complexity index is 3640. The van der Waals surface area contributed by atoms with Crippen molar-refractivity contribution in [1.29, 1.82) is 0 Å². The smallest absolute Gasteiger partial charge is 0.149 e. The van der Waals surface area contributed by atoms with Gasteiger partial charge in [0.15, 0.2) is 0 Å². The lowest BCUT2D eigenvalue weighted by atomic mass is 9.77. The second-order valence-corrected chi connectivity index (χ2v) is 23.4. The standard InChI is InChI=1S/C69H67N3O/c1-66(2,3)53-33-34-61(57(42-53)46-25-17-13-18-26-46)72-62-32-22-31-56(63(62)71-65(72)58-43-55(67(4,5)6)44-59(64(58)73)68(7,8)9)50-37-49(45-23-15-12-16-24-45)38-51(39-50)60-41-48(35-36-70-60)47-27-21-30-54(40-47)69(10,11)52-28-19-14-20-29-52/h12-44,73H,1-11H3. The molecule has 0 saturated carbocycles. The van der Waals surface area contributed by atoms with Crippen LogP contribution in [0, 0.1) is 0 Å². The van der Waals surface area contributed by atoms with Crippen LogP contribution < -0.4 is 0 Å². The summed E-state index contributed by atoms with van der Waals surface area (Å²) < 4.78 is 2.29. The Morgan fingerprint density at radius 1 is 0.384 bits per heavy atom. The van der Waals surface area contributed by atoms with E-state index < -0.39 is 0 Å². The van der Waals surface area contributed by atoms with Crippen LogP contribution in [0.15, 0.2) is 200 Å². The zero-order chi connectivity index (χ0) is 51.5. The van der Waals surface area contributed by atoms with Crippen molar-refractivity contribution in [3.8, 4) is 78.6 Å². The van der Waals surface area contributed by atoms with Crippen molar-refractivity contribution in [1.82, 2.24) is 14.5 Å². The molecule has 2 aromatic heterocycles. The first kappa shape index (κ1) is 48.8. The number of rotatable bonds is 9. The van der Waals surface area contributed by atoms with E-state index in [1.807, 2.05) is 6.20 Å². The Hall–Kier alpha value is -7.82. The van der Waals surface area contributed by atoms with Gasteiger partial charge in [0.25, 0.3) is 0 Å². The van der Waals surface area contributed by atoms with Crippen LogP contribution in [-0.4, -0.2) is 19.6 Å². The lowest BCUT2D eigenvalue weighted by Gasteiger charge is -2.28. The molecule has 10 aromatic rings. The molecule has 8 aromatic carbocycles. The number of fused-ring (bicyclic) bond motifs is 1. The number of aromatic hydroxyl groups is 1. The molecule has 10 rings (SSSR count). The highest BCUT2D eigenvalue weighted by atomic mass is 16.3. The number of pyridine rings is 1. The van der Waals surface area contributed by atoms with Gasteiger partial charge in [-0.1, -0.05) is 216 Å². The highest BCUT2D eigenvalue weighted by Gasteiger charge is 2.30. The van der Waals surface area contributed by atoms with E-state index in [9.17, 15) is 5.11 Å². The summed E-state index contributed by atoms with van der Waals surface area (Å²) in [5.41, 5.74) is 19.0. The van der Waals surface area contributed by atoms with Gasteiger partial charge in [-0.05, 0) is 126 Å². The molecular weight excluding hydrogens is 887 g/mol. The lowest BCUT2D eigenvalue weighted by Crippen LogP contribution is -2.18. The van der Waals surface area contributed by atoms with E-state index in [1.54, 1.807) is 0 Å². The summed E-state index contributed by atoms with van der Waals surface area (Å²) in [6, 6.07) is 69.8. The first-order chi connectivity index (χ1) is 34.8. The monoisotopic (exact) mass is 954 g/mol. The van der Waals surface area contributed by atoms with Gasteiger partial charge in [-0.2, -0.15) is 0 Å². The SMILES string of the molecule is CC(C)(C)c1ccc(-n2c(-c3cc(C(C)(C)C)cc(C(C)(C)C)c3O)nc3c(-c4cc(-c5ccccc5)cc(-c5cc(-c6cccc(C(C)(C)c7ccccc7)c6)ccn5)c4)cccc32)c(-c2ccccc2)c1. The molecule has 0 bridgehead atoms. The van der Waals surface area contributed by atoms with Gasteiger partial charge in [0.05, 0.1) is 28.0 Å². The normalized spacial score (nSPS) is 12.4. The summed E-state index contributed by atoms with van der Waals surface area (Å²) >= 11 is 0. The minimum absolute atomic E-state index is 0.0881. The number of aromatic nitrogens is 3. The molecular formula is C69H67N3O. The van der Waals surface area contributed by atoms with Crippen LogP contribution in [-0.2, 0) is 21.7 Å². The average Bonchev–Trinajstić information content (AvgIpc) is 3.78. The Labute approximate surface area is 433 Å². The van der Waals surface area contributed by atoms with Crippen molar-refractivity contribution < 1.29 is 5.11 Å². The van der Waals surface area contributed by atoms with Crippen LogP contribution in [0.2, 0.25) is 0 Å². The molecule has 73 heavy (non-hydrogen) atoms. The predicted molar refractivity (Wildman–Crippen MR) is 308 cm³/mol. The largest absolute Gasteiger partial charge is 0.507 e. The molecule has 0 unspecified atom stereocenters. The van der Waals surface area contributed by atoms with E-state index in [1.165, 1.54) is 16.7 Å². The van der Waals surface area contributed by atoms with Crippen molar-refractivity contribution >= 4 is 11.0 Å². The minimum Gasteiger partial charge on any atom is -0.507 e. The maximum absolute atomic E-state index is 12.7. The Balaban J connectivity index is 1.22. The maximum atomic E-state index is 12.7. The van der Waals surface area contributed by atoms with Crippen molar-refractivity contribution in [2.75, 3.05) is 0 Å². The van der Waals surface area contributed by atoms with Gasteiger partial charge in [0.1, 0.15) is 11.6 Å². The highest BCUT2D eigenvalue weighted by Crippen LogP contribution is 2.46. The summed E-state index contributed by atoms with van der Waals surface area (Å²) in [7, 11) is 0. The number of hydrogen-bond acceptors (Lipinski definition) is 3. The van der Waals surface area contributed by atoms with Gasteiger partial charge in [-0.3, -0.25) is 9.55 Å². The van der Waals surface area contributed by atoms with Gasteiger partial charge in [-0.25, -0.2) is 4.98 Å². The molecule has 0 atom stereocenters. The first-order valence-corrected chi connectivity index (χ1v) is 25.7. The zero-order valence-electron chi connectivity index (χ0n) is 44.3. The average molecular weight is 954 g/mol. The van der Waals surface area contributed by atoms with Crippen molar-refractivity contribution in [3.05, 3.63) is 228 Å². The fraction of sp³-hybridized carbons (Fsp3) is 0.217. The van der Waals surface area contributed by atoms with Crippen LogP contribution >= 0.6 is 0 Å². The van der Waals surface area contributed by atoms with Gasteiger partial charge in [0.2, 0.25) is 0 Å². The van der Waals surface area contributed by atoms with E-state index in [-0.39, 0.29) is 27.4 Å². The zero-order valence-corrected chi connectivity index (χ0v) is 44.3. The first-order valence-electron chi connectivity index (χ1n) is 25.7. The fourth-order valence-corrected chi connectivity index (χ4v) is 10.2. The van der Waals surface area contributed by atoms with E-state index in [2.05, 4.69) is 275 Å². The van der Waals surface area contributed by atoms with E-state index in [0.717, 1.165) is 83.6 Å². The van der Waals surface area contributed by atoms with E-state index >= 15 is 0 Å². The van der Waals surface area contributed by atoms with E-state index in [4.69, 9.17) is 9.97 Å². The Kier molecular flexibility index (Phi) is 12.5. The molecule has 0 amide bonds. The predicted octanol–water partition coefficient (Wildman–Crippen LogP) is 18.3. The molecule has 0 aliphatic carbocycles. The molecule has 0 aliphatic rings. The van der Waals surface area contributed by atoms with Crippen LogP contribution in [0.4, 0.5) is 0 Å². The summed E-state index contributed by atoms with van der Waals surface area (Å²) in [6.45, 7) is 24.6. The van der Waals surface area contributed by atoms with Crippen molar-refractivity contribution in [2.45, 2.75) is 97.8 Å². The van der Waals surface area contributed by atoms with Gasteiger partial charge < -0.3 is 5.11 Å². The third-order valence-electron chi connectivity index (χ3n) is 14.7. The molecule has 1 N–H and O–H groups in total. The number of benzene rings is 8. The fourth-order valence-electron chi connectivity index (χ4n) is 10.2. The van der Waals surface area contributed by atoms with Gasteiger partial charge in [0, 0.05) is 33.9 Å². The molecule has 0 spiro atoms. The Morgan fingerprint density at radius 2 is 0.959 bits per heavy atom. The second-order valence-electron chi connectivity index (χ2n) is 23.4. The van der Waals surface area contributed by atoms with Crippen molar-refractivity contribution in [2.24, 2.45) is 0 Å².